The van der Waals surface area contributed by atoms with Crippen LogP contribution >= 0.6 is 11.6 Å². The molecule has 0 fully saturated rings. The number of anilines is 2. The van der Waals surface area contributed by atoms with Crippen LogP contribution in [0.25, 0.3) is 0 Å². The van der Waals surface area contributed by atoms with E-state index in [1.54, 1.807) is 12.1 Å². The monoisotopic (exact) mass is 270 g/mol. The molecule has 0 aliphatic heterocycles. The summed E-state index contributed by atoms with van der Waals surface area (Å²) in [7, 11) is 3.75. The molecule has 1 aromatic carbocycles. The maximum Gasteiger partial charge on any atom is 0.250 e. The summed E-state index contributed by atoms with van der Waals surface area (Å²) in [5.41, 5.74) is 1.47. The number of rotatable bonds is 5. The second-order valence-corrected chi connectivity index (χ2v) is 4.85. The number of amides is 1. The summed E-state index contributed by atoms with van der Waals surface area (Å²) in [5.74, 6) is -0.186. The Kier molecular flexibility index (Phi) is 5.44. The van der Waals surface area contributed by atoms with E-state index in [2.05, 4.69) is 5.32 Å². The molecule has 0 saturated carbocycles. The quantitative estimate of drug-likeness (QED) is 0.895. The Labute approximate surface area is 113 Å². The molecule has 0 aromatic heterocycles. The SMILES string of the molecule is CC(C)OCC(=O)Nc1cccc(Cl)c1N(C)C. The van der Waals surface area contributed by atoms with Gasteiger partial charge < -0.3 is 15.0 Å². The van der Waals surface area contributed by atoms with Crippen molar-refractivity contribution >= 4 is 28.9 Å². The first kappa shape index (κ1) is 14.8. The standard InChI is InChI=1S/C13H19ClN2O2/c1-9(2)18-8-12(17)15-11-7-5-6-10(14)13(11)16(3)4/h5-7,9H,8H2,1-4H3,(H,15,17). The van der Waals surface area contributed by atoms with Gasteiger partial charge in [-0.25, -0.2) is 0 Å². The molecule has 5 heteroatoms. The van der Waals surface area contributed by atoms with E-state index in [0.717, 1.165) is 5.69 Å². The molecule has 0 aliphatic carbocycles. The Balaban J connectivity index is 2.78. The van der Waals surface area contributed by atoms with Gasteiger partial charge in [-0.15, -0.1) is 0 Å². The van der Waals surface area contributed by atoms with Gasteiger partial charge in [0.05, 0.1) is 22.5 Å². The molecule has 0 heterocycles. The summed E-state index contributed by atoms with van der Waals surface area (Å²) in [6.07, 6.45) is 0.0310. The fourth-order valence-corrected chi connectivity index (χ4v) is 1.84. The van der Waals surface area contributed by atoms with Gasteiger partial charge in [-0.2, -0.15) is 0 Å². The van der Waals surface area contributed by atoms with Crippen LogP contribution in [-0.4, -0.2) is 32.7 Å². The number of benzene rings is 1. The third kappa shape index (κ3) is 4.20. The molecule has 1 aromatic rings. The first-order chi connectivity index (χ1) is 8.41. The maximum atomic E-state index is 11.7. The average molecular weight is 271 g/mol. The number of para-hydroxylation sites is 1. The Morgan fingerprint density at radius 1 is 1.44 bits per heavy atom. The molecule has 4 nitrogen and oxygen atoms in total. The van der Waals surface area contributed by atoms with Gasteiger partial charge in [-0.1, -0.05) is 17.7 Å². The van der Waals surface area contributed by atoms with Crippen molar-refractivity contribution in [2.24, 2.45) is 0 Å². The van der Waals surface area contributed by atoms with Gasteiger partial charge in [-0.3, -0.25) is 4.79 Å². The van der Waals surface area contributed by atoms with E-state index in [1.165, 1.54) is 0 Å². The summed E-state index contributed by atoms with van der Waals surface area (Å²) in [4.78, 5) is 13.6. The van der Waals surface area contributed by atoms with E-state index in [1.807, 2.05) is 38.9 Å². The Morgan fingerprint density at radius 2 is 2.11 bits per heavy atom. The molecule has 0 bridgehead atoms. The summed E-state index contributed by atoms with van der Waals surface area (Å²) in [6, 6.07) is 5.40. The van der Waals surface area contributed by atoms with Crippen molar-refractivity contribution in [3.05, 3.63) is 23.2 Å². The highest BCUT2D eigenvalue weighted by molar-refractivity contribution is 6.34. The number of hydrogen-bond acceptors (Lipinski definition) is 3. The van der Waals surface area contributed by atoms with Crippen molar-refractivity contribution in [1.82, 2.24) is 0 Å². The topological polar surface area (TPSA) is 41.6 Å². The Hall–Kier alpha value is -1.26. The zero-order valence-electron chi connectivity index (χ0n) is 11.2. The first-order valence-electron chi connectivity index (χ1n) is 5.79. The van der Waals surface area contributed by atoms with Gasteiger partial charge in [-0.05, 0) is 26.0 Å². The third-order valence-electron chi connectivity index (χ3n) is 2.26. The highest BCUT2D eigenvalue weighted by Gasteiger charge is 2.12. The lowest BCUT2D eigenvalue weighted by molar-refractivity contribution is -0.121. The summed E-state index contributed by atoms with van der Waals surface area (Å²) >= 11 is 6.11. The van der Waals surface area contributed by atoms with Gasteiger partial charge in [0.25, 0.3) is 0 Å². The van der Waals surface area contributed by atoms with Crippen LogP contribution in [0.4, 0.5) is 11.4 Å². The molecule has 18 heavy (non-hydrogen) atoms. The molecule has 100 valence electrons. The molecule has 0 saturated heterocycles. The molecule has 0 atom stereocenters. The number of nitrogens with zero attached hydrogens (tertiary/aromatic N) is 1. The van der Waals surface area contributed by atoms with Gasteiger partial charge in [0.2, 0.25) is 5.91 Å². The Morgan fingerprint density at radius 3 is 2.67 bits per heavy atom. The van der Waals surface area contributed by atoms with E-state index < -0.39 is 0 Å². The highest BCUT2D eigenvalue weighted by atomic mass is 35.5. The van der Waals surface area contributed by atoms with Crippen LogP contribution in [-0.2, 0) is 9.53 Å². The lowest BCUT2D eigenvalue weighted by Gasteiger charge is -2.19. The Bertz CT molecular complexity index is 419. The predicted molar refractivity (Wildman–Crippen MR) is 75.5 cm³/mol. The number of ether oxygens (including phenoxy) is 1. The van der Waals surface area contributed by atoms with Crippen molar-refractivity contribution < 1.29 is 9.53 Å². The van der Waals surface area contributed by atoms with Gasteiger partial charge in [0.1, 0.15) is 6.61 Å². The van der Waals surface area contributed by atoms with Crippen LogP contribution in [0.15, 0.2) is 18.2 Å². The largest absolute Gasteiger partial charge is 0.375 e. The number of halogens is 1. The van der Waals surface area contributed by atoms with E-state index in [0.29, 0.717) is 10.7 Å². The molecule has 0 aliphatic rings. The van der Waals surface area contributed by atoms with E-state index >= 15 is 0 Å². The highest BCUT2D eigenvalue weighted by Crippen LogP contribution is 2.32. The predicted octanol–water partition coefficient (Wildman–Crippen LogP) is 2.77. The normalized spacial score (nSPS) is 10.6. The van der Waals surface area contributed by atoms with Gasteiger partial charge >= 0.3 is 0 Å². The number of carbonyl (C=O) groups is 1. The smallest absolute Gasteiger partial charge is 0.250 e. The fraction of sp³-hybridized carbons (Fsp3) is 0.462. The van der Waals surface area contributed by atoms with Crippen LogP contribution in [0.3, 0.4) is 0 Å². The minimum absolute atomic E-state index is 0.0310. The van der Waals surface area contributed by atoms with E-state index in [4.69, 9.17) is 16.3 Å². The van der Waals surface area contributed by atoms with Crippen molar-refractivity contribution in [2.75, 3.05) is 30.9 Å². The van der Waals surface area contributed by atoms with E-state index in [-0.39, 0.29) is 18.6 Å². The van der Waals surface area contributed by atoms with Crippen LogP contribution in [0, 0.1) is 0 Å². The fourth-order valence-electron chi connectivity index (χ4n) is 1.50. The van der Waals surface area contributed by atoms with Crippen LogP contribution in [0.1, 0.15) is 13.8 Å². The molecule has 0 spiro atoms. The number of nitrogens with one attached hydrogen (secondary N) is 1. The molecule has 1 amide bonds. The van der Waals surface area contributed by atoms with Crippen LogP contribution < -0.4 is 10.2 Å². The third-order valence-corrected chi connectivity index (χ3v) is 2.56. The summed E-state index contributed by atoms with van der Waals surface area (Å²) in [5, 5.41) is 3.40. The lowest BCUT2D eigenvalue weighted by Crippen LogP contribution is -2.22. The lowest BCUT2D eigenvalue weighted by atomic mass is 10.2. The van der Waals surface area contributed by atoms with Crippen LogP contribution in [0.2, 0.25) is 5.02 Å². The minimum Gasteiger partial charge on any atom is -0.375 e. The van der Waals surface area contributed by atoms with Crippen molar-refractivity contribution in [1.29, 1.82) is 0 Å². The van der Waals surface area contributed by atoms with Gasteiger partial charge in [0, 0.05) is 14.1 Å². The summed E-state index contributed by atoms with van der Waals surface area (Å²) in [6.45, 7) is 3.81. The number of hydrogen-bond donors (Lipinski definition) is 1. The van der Waals surface area contributed by atoms with Gasteiger partial charge in [0.15, 0.2) is 0 Å². The maximum absolute atomic E-state index is 11.7. The zero-order valence-corrected chi connectivity index (χ0v) is 11.9. The summed E-state index contributed by atoms with van der Waals surface area (Å²) < 4.78 is 5.25. The van der Waals surface area contributed by atoms with Crippen molar-refractivity contribution in [2.45, 2.75) is 20.0 Å². The van der Waals surface area contributed by atoms with Crippen molar-refractivity contribution in [3.8, 4) is 0 Å². The molecular formula is C13H19ClN2O2. The molecular weight excluding hydrogens is 252 g/mol. The second-order valence-electron chi connectivity index (χ2n) is 4.44. The average Bonchev–Trinajstić information content (AvgIpc) is 2.26. The zero-order chi connectivity index (χ0) is 13.7. The molecule has 1 N–H and O–H groups in total. The molecule has 0 radical (unpaired) electrons. The second kappa shape index (κ2) is 6.61. The van der Waals surface area contributed by atoms with E-state index in [9.17, 15) is 4.79 Å². The minimum atomic E-state index is -0.186. The molecule has 1 rings (SSSR count). The van der Waals surface area contributed by atoms with Crippen LogP contribution in [0.5, 0.6) is 0 Å². The molecule has 0 unspecified atom stereocenters. The number of carbonyl (C=O) groups excluding carboxylic acids is 1. The van der Waals surface area contributed by atoms with Crippen molar-refractivity contribution in [3.63, 3.8) is 0 Å². The first-order valence-corrected chi connectivity index (χ1v) is 6.17.